The topological polar surface area (TPSA) is 134 Å². The van der Waals surface area contributed by atoms with E-state index in [0.717, 1.165) is 57.8 Å². The summed E-state index contributed by atoms with van der Waals surface area (Å²) in [5, 5.41) is 0. The molecular weight excluding hydrogens is 617 g/mol. The molecule has 2 atom stereocenters. The lowest BCUT2D eigenvalue weighted by Crippen LogP contribution is -2.29. The average Bonchev–Trinajstić information content (AvgIpc) is 3.05. The molecule has 0 aliphatic rings. The van der Waals surface area contributed by atoms with Gasteiger partial charge in [0, 0.05) is 19.4 Å². The molecule has 1 unspecified atom stereocenters. The summed E-state index contributed by atoms with van der Waals surface area (Å²) in [4.78, 5) is 34.6. The summed E-state index contributed by atoms with van der Waals surface area (Å²) in [6, 6.07) is 0. The Labute approximate surface area is 286 Å². The number of ether oxygens (including phenoxy) is 2. The lowest BCUT2D eigenvalue weighted by Gasteiger charge is -2.19. The van der Waals surface area contributed by atoms with Crippen molar-refractivity contribution < 1.29 is 37.6 Å². The van der Waals surface area contributed by atoms with Gasteiger partial charge in [0.05, 0.1) is 13.2 Å². The number of allylic oxidation sites excluding steroid dienone is 8. The van der Waals surface area contributed by atoms with Crippen LogP contribution in [0.3, 0.4) is 0 Å². The molecule has 47 heavy (non-hydrogen) atoms. The first kappa shape index (κ1) is 45.0. The maximum absolute atomic E-state index is 12.5. The van der Waals surface area contributed by atoms with Gasteiger partial charge in [0.25, 0.3) is 0 Å². The summed E-state index contributed by atoms with van der Waals surface area (Å²) < 4.78 is 32.5. The molecule has 272 valence electrons. The van der Waals surface area contributed by atoms with Crippen LogP contribution in [0.4, 0.5) is 0 Å². The number of unbranched alkanes of at least 4 members (excludes halogenated alkanes) is 12. The molecule has 0 fully saturated rings. The molecule has 0 aromatic heterocycles. The lowest BCUT2D eigenvalue weighted by atomic mass is 10.1. The molecule has 0 radical (unpaired) electrons. The molecule has 10 heteroatoms. The van der Waals surface area contributed by atoms with Gasteiger partial charge in [0.15, 0.2) is 6.10 Å². The van der Waals surface area contributed by atoms with Crippen LogP contribution in [-0.2, 0) is 32.7 Å². The van der Waals surface area contributed by atoms with Gasteiger partial charge in [0.2, 0.25) is 0 Å². The number of phosphoric ester groups is 1. The van der Waals surface area contributed by atoms with Crippen LogP contribution in [-0.4, -0.2) is 49.3 Å². The number of nitrogens with two attached hydrogens (primary N) is 1. The van der Waals surface area contributed by atoms with E-state index in [9.17, 15) is 19.0 Å². The zero-order valence-electron chi connectivity index (χ0n) is 29.5. The van der Waals surface area contributed by atoms with Gasteiger partial charge >= 0.3 is 19.8 Å². The second-order valence-electron chi connectivity index (χ2n) is 11.7. The minimum Gasteiger partial charge on any atom is -0.462 e. The van der Waals surface area contributed by atoms with Crippen LogP contribution in [0, 0.1) is 0 Å². The highest BCUT2D eigenvalue weighted by atomic mass is 31.2. The maximum Gasteiger partial charge on any atom is 0.472 e. The number of rotatable bonds is 33. The Morgan fingerprint density at radius 2 is 1.17 bits per heavy atom. The van der Waals surface area contributed by atoms with E-state index < -0.39 is 32.5 Å². The molecule has 0 saturated carbocycles. The minimum atomic E-state index is -4.38. The van der Waals surface area contributed by atoms with Crippen molar-refractivity contribution >= 4 is 19.8 Å². The monoisotopic (exact) mass is 683 g/mol. The van der Waals surface area contributed by atoms with Gasteiger partial charge < -0.3 is 20.1 Å². The van der Waals surface area contributed by atoms with Crippen molar-refractivity contribution in [1.29, 1.82) is 0 Å². The molecule has 3 N–H and O–H groups in total. The van der Waals surface area contributed by atoms with E-state index in [1.807, 2.05) is 0 Å². The molecule has 0 aliphatic carbocycles. The van der Waals surface area contributed by atoms with Gasteiger partial charge in [0.1, 0.15) is 6.61 Å². The summed E-state index contributed by atoms with van der Waals surface area (Å²) in [5.74, 6) is -0.882. The van der Waals surface area contributed by atoms with Crippen LogP contribution in [0.1, 0.15) is 142 Å². The maximum atomic E-state index is 12.5. The van der Waals surface area contributed by atoms with Crippen LogP contribution in [0.25, 0.3) is 0 Å². The fourth-order valence-corrected chi connectivity index (χ4v) is 5.33. The number of carbonyl (C=O) groups excluding carboxylic acids is 2. The zero-order chi connectivity index (χ0) is 34.7. The molecule has 0 spiro atoms. The van der Waals surface area contributed by atoms with Crippen molar-refractivity contribution in [3.63, 3.8) is 0 Å². The molecule has 0 aromatic carbocycles. The van der Waals surface area contributed by atoms with Crippen molar-refractivity contribution in [2.45, 2.75) is 148 Å². The predicted octanol–water partition coefficient (Wildman–Crippen LogP) is 9.60. The molecule has 0 bridgehead atoms. The third kappa shape index (κ3) is 33.7. The number of hydrogen-bond donors (Lipinski definition) is 2. The van der Waals surface area contributed by atoms with Gasteiger partial charge in [-0.1, -0.05) is 127 Å². The summed E-state index contributed by atoms with van der Waals surface area (Å²) in [7, 11) is -4.38. The van der Waals surface area contributed by atoms with E-state index in [2.05, 4.69) is 62.5 Å². The molecule has 9 nitrogen and oxygen atoms in total. The quantitative estimate of drug-likeness (QED) is 0.0300. The normalized spacial score (nSPS) is 14.0. The largest absolute Gasteiger partial charge is 0.472 e. The molecule has 0 aromatic rings. The van der Waals surface area contributed by atoms with Gasteiger partial charge in [-0.25, -0.2) is 4.57 Å². The summed E-state index contributed by atoms with van der Waals surface area (Å²) in [5.41, 5.74) is 5.32. The zero-order valence-corrected chi connectivity index (χ0v) is 30.4. The SMILES string of the molecule is CCC=CCC=CCC=CCC=CCCCCC(=O)O[C@H](COC(=O)CCCCCCCCCCCCC)COP(=O)(O)OCCN. The molecule has 0 aliphatic heterocycles. The Morgan fingerprint density at radius 3 is 1.74 bits per heavy atom. The van der Waals surface area contributed by atoms with Crippen LogP contribution < -0.4 is 5.73 Å². The Hall–Kier alpha value is -2.03. The van der Waals surface area contributed by atoms with Gasteiger partial charge in [-0.2, -0.15) is 0 Å². The van der Waals surface area contributed by atoms with Crippen molar-refractivity contribution in [3.8, 4) is 0 Å². The third-order valence-electron chi connectivity index (χ3n) is 7.23. The third-order valence-corrected chi connectivity index (χ3v) is 8.21. The summed E-state index contributed by atoms with van der Waals surface area (Å²) >= 11 is 0. The first-order chi connectivity index (χ1) is 22.8. The number of hydrogen-bond acceptors (Lipinski definition) is 8. The molecule has 0 heterocycles. The van der Waals surface area contributed by atoms with Gasteiger partial charge in [-0.3, -0.25) is 18.6 Å². The van der Waals surface area contributed by atoms with E-state index in [4.69, 9.17) is 24.3 Å². The Kier molecular flexibility index (Phi) is 32.4. The number of phosphoric acid groups is 1. The summed E-state index contributed by atoms with van der Waals surface area (Å²) in [6.45, 7) is 3.53. The van der Waals surface area contributed by atoms with Crippen LogP contribution in [0.2, 0.25) is 0 Å². The van der Waals surface area contributed by atoms with E-state index in [0.29, 0.717) is 6.42 Å². The van der Waals surface area contributed by atoms with E-state index in [1.54, 1.807) is 0 Å². The lowest BCUT2D eigenvalue weighted by molar-refractivity contribution is -0.161. The second-order valence-corrected chi connectivity index (χ2v) is 13.2. The first-order valence-electron chi connectivity index (χ1n) is 18.1. The van der Waals surface area contributed by atoms with E-state index in [-0.39, 0.29) is 32.6 Å². The van der Waals surface area contributed by atoms with Crippen molar-refractivity contribution in [1.82, 2.24) is 0 Å². The van der Waals surface area contributed by atoms with Gasteiger partial charge in [-0.05, 0) is 51.4 Å². The fraction of sp³-hybridized carbons (Fsp3) is 0.730. The van der Waals surface area contributed by atoms with Crippen LogP contribution in [0.15, 0.2) is 48.6 Å². The van der Waals surface area contributed by atoms with E-state index >= 15 is 0 Å². The van der Waals surface area contributed by atoms with E-state index in [1.165, 1.54) is 51.4 Å². The Morgan fingerprint density at radius 1 is 0.660 bits per heavy atom. The van der Waals surface area contributed by atoms with Crippen molar-refractivity contribution in [2.24, 2.45) is 5.73 Å². The smallest absolute Gasteiger partial charge is 0.462 e. The van der Waals surface area contributed by atoms with Crippen molar-refractivity contribution in [3.05, 3.63) is 48.6 Å². The highest BCUT2D eigenvalue weighted by molar-refractivity contribution is 7.47. The minimum absolute atomic E-state index is 0.0455. The molecule has 0 rings (SSSR count). The first-order valence-corrected chi connectivity index (χ1v) is 19.6. The average molecular weight is 684 g/mol. The van der Waals surface area contributed by atoms with Crippen LogP contribution in [0.5, 0.6) is 0 Å². The fourth-order valence-electron chi connectivity index (χ4n) is 4.56. The van der Waals surface area contributed by atoms with Crippen LogP contribution >= 0.6 is 7.82 Å². The molecule has 0 amide bonds. The predicted molar refractivity (Wildman–Crippen MR) is 192 cm³/mol. The molecular formula is C37H66NO8P. The highest BCUT2D eigenvalue weighted by Crippen LogP contribution is 2.43. The molecule has 0 saturated heterocycles. The Bertz CT molecular complexity index is 918. The second kappa shape index (κ2) is 33.9. The van der Waals surface area contributed by atoms with Crippen molar-refractivity contribution in [2.75, 3.05) is 26.4 Å². The number of carbonyl (C=O) groups is 2. The summed E-state index contributed by atoms with van der Waals surface area (Å²) in [6.07, 6.45) is 35.8. The highest BCUT2D eigenvalue weighted by Gasteiger charge is 2.25. The van der Waals surface area contributed by atoms with Gasteiger partial charge in [-0.15, -0.1) is 0 Å². The number of esters is 2. The Balaban J connectivity index is 4.34. The standard InChI is InChI=1S/C37H66NO8P/c1-3-5-7-9-11-13-15-16-17-18-20-22-24-26-28-30-37(40)46-35(34-45-47(41,42)44-32-31-38)33-43-36(39)29-27-25-23-21-19-14-12-10-8-6-4-2/h5,7,11,13,16-17,20,22,35H,3-4,6,8-10,12,14-15,18-19,21,23-34,38H2,1-2H3,(H,41,42)/t35-/m1/s1.